The van der Waals surface area contributed by atoms with E-state index < -0.39 is 17.7 Å². The first kappa shape index (κ1) is 18.2. The summed E-state index contributed by atoms with van der Waals surface area (Å²) in [5.41, 5.74) is 2.47. The fourth-order valence-corrected chi connectivity index (χ4v) is 4.28. The number of nitrogens with zero attached hydrogens (tertiary/aromatic N) is 1. The van der Waals surface area contributed by atoms with E-state index in [1.54, 1.807) is 29.2 Å². The van der Waals surface area contributed by atoms with Crippen molar-refractivity contribution < 1.29 is 14.7 Å². The quantitative estimate of drug-likeness (QED) is 0.400. The lowest BCUT2D eigenvalue weighted by Crippen LogP contribution is -2.29. The first-order valence-corrected chi connectivity index (χ1v) is 9.87. The zero-order chi connectivity index (χ0) is 19.7. The first-order chi connectivity index (χ1) is 13.6. The van der Waals surface area contributed by atoms with Crippen molar-refractivity contribution in [2.75, 3.05) is 0 Å². The molecule has 1 aliphatic rings. The number of Topliss-reactive ketones (excluding diaryl/α,β-unsaturated/α-hetero) is 1. The highest BCUT2D eigenvalue weighted by Gasteiger charge is 2.46. The summed E-state index contributed by atoms with van der Waals surface area (Å²) in [5, 5.41) is 12.9. The summed E-state index contributed by atoms with van der Waals surface area (Å²) in [5.74, 6) is -1.37. The van der Waals surface area contributed by atoms with Crippen LogP contribution in [0.3, 0.4) is 0 Å². The average Bonchev–Trinajstić information content (AvgIpc) is 3.31. The zero-order valence-electron chi connectivity index (χ0n) is 15.3. The Balaban J connectivity index is 1.90. The van der Waals surface area contributed by atoms with E-state index in [9.17, 15) is 14.7 Å². The molecule has 28 heavy (non-hydrogen) atoms. The van der Waals surface area contributed by atoms with E-state index in [1.165, 1.54) is 11.3 Å². The summed E-state index contributed by atoms with van der Waals surface area (Å²) in [6.45, 7) is 2.27. The molecule has 1 aliphatic heterocycles. The fraction of sp³-hybridized carbons (Fsp3) is 0.130. The summed E-state index contributed by atoms with van der Waals surface area (Å²) >= 11 is 1.54. The molecule has 2 aromatic carbocycles. The molecule has 1 aromatic heterocycles. The third kappa shape index (κ3) is 3.14. The Hall–Kier alpha value is -3.18. The molecule has 1 fully saturated rings. The highest BCUT2D eigenvalue weighted by Crippen LogP contribution is 2.41. The smallest absolute Gasteiger partial charge is 0.295 e. The second-order valence-electron chi connectivity index (χ2n) is 6.73. The van der Waals surface area contributed by atoms with Crippen LogP contribution in [0.5, 0.6) is 0 Å². The third-order valence-corrected chi connectivity index (χ3v) is 5.84. The van der Waals surface area contributed by atoms with Gasteiger partial charge in [-0.15, -0.1) is 11.3 Å². The highest BCUT2D eigenvalue weighted by atomic mass is 32.1. The molecule has 0 radical (unpaired) electrons. The van der Waals surface area contributed by atoms with Crippen LogP contribution in [0.15, 0.2) is 77.7 Å². The number of rotatable bonds is 4. The van der Waals surface area contributed by atoms with Crippen LogP contribution < -0.4 is 0 Å². The number of hydrogen-bond acceptors (Lipinski definition) is 4. The van der Waals surface area contributed by atoms with Crippen LogP contribution in [0.4, 0.5) is 0 Å². The maximum Gasteiger partial charge on any atom is 0.295 e. The number of hydrogen-bond donors (Lipinski definition) is 1. The van der Waals surface area contributed by atoms with Gasteiger partial charge in [0.1, 0.15) is 5.76 Å². The number of carbonyl (C=O) groups is 2. The maximum atomic E-state index is 12.9. The van der Waals surface area contributed by atoms with Crippen molar-refractivity contribution >= 4 is 28.8 Å². The summed E-state index contributed by atoms with van der Waals surface area (Å²) in [6.07, 6.45) is 0. The van der Waals surface area contributed by atoms with E-state index in [2.05, 4.69) is 0 Å². The van der Waals surface area contributed by atoms with E-state index >= 15 is 0 Å². The number of benzene rings is 2. The molecular weight excluding hydrogens is 370 g/mol. The molecular formula is C23H19NO3S. The molecule has 1 amide bonds. The minimum absolute atomic E-state index is 0.138. The maximum absolute atomic E-state index is 12.9. The van der Waals surface area contributed by atoms with Gasteiger partial charge in [0.2, 0.25) is 0 Å². The second kappa shape index (κ2) is 7.44. The minimum Gasteiger partial charge on any atom is -0.507 e. The molecule has 0 aliphatic carbocycles. The van der Waals surface area contributed by atoms with Crippen LogP contribution in [0.1, 0.15) is 27.6 Å². The van der Waals surface area contributed by atoms with E-state index in [0.29, 0.717) is 12.1 Å². The van der Waals surface area contributed by atoms with Crippen molar-refractivity contribution in [3.63, 3.8) is 0 Å². The molecule has 3 aromatic rings. The van der Waals surface area contributed by atoms with Crippen LogP contribution >= 0.6 is 11.3 Å². The predicted octanol–water partition coefficient (Wildman–Crippen LogP) is 4.68. The van der Waals surface area contributed by atoms with Gasteiger partial charge in [-0.25, -0.2) is 0 Å². The van der Waals surface area contributed by atoms with Gasteiger partial charge in [-0.3, -0.25) is 9.59 Å². The van der Waals surface area contributed by atoms with Crippen molar-refractivity contribution in [3.8, 4) is 0 Å². The van der Waals surface area contributed by atoms with E-state index in [4.69, 9.17) is 0 Å². The molecule has 5 heteroatoms. The van der Waals surface area contributed by atoms with Gasteiger partial charge in [-0.2, -0.15) is 0 Å². The highest BCUT2D eigenvalue weighted by molar-refractivity contribution is 7.09. The predicted molar refractivity (Wildman–Crippen MR) is 110 cm³/mol. The van der Waals surface area contributed by atoms with Gasteiger partial charge in [0, 0.05) is 10.4 Å². The first-order valence-electron chi connectivity index (χ1n) is 8.99. The molecule has 2 heterocycles. The number of amides is 1. The lowest BCUT2D eigenvalue weighted by molar-refractivity contribution is -0.140. The van der Waals surface area contributed by atoms with Gasteiger partial charge in [-0.1, -0.05) is 60.7 Å². The molecule has 0 saturated carbocycles. The largest absolute Gasteiger partial charge is 0.507 e. The van der Waals surface area contributed by atoms with Crippen molar-refractivity contribution in [2.45, 2.75) is 19.5 Å². The zero-order valence-corrected chi connectivity index (χ0v) is 16.1. The molecule has 4 nitrogen and oxygen atoms in total. The topological polar surface area (TPSA) is 57.6 Å². The Morgan fingerprint density at radius 1 is 1.00 bits per heavy atom. The number of aryl methyl sites for hydroxylation is 1. The number of aliphatic hydroxyl groups excluding tert-OH is 1. The summed E-state index contributed by atoms with van der Waals surface area (Å²) in [7, 11) is 0. The van der Waals surface area contributed by atoms with Crippen molar-refractivity contribution in [3.05, 3.63) is 99.3 Å². The van der Waals surface area contributed by atoms with Crippen molar-refractivity contribution in [1.82, 2.24) is 4.90 Å². The van der Waals surface area contributed by atoms with Crippen LogP contribution in [0.2, 0.25) is 0 Å². The second-order valence-corrected chi connectivity index (χ2v) is 7.76. The van der Waals surface area contributed by atoms with Gasteiger partial charge in [0.15, 0.2) is 0 Å². The molecule has 140 valence electrons. The fourth-order valence-electron chi connectivity index (χ4n) is 3.58. The Morgan fingerprint density at radius 3 is 2.39 bits per heavy atom. The standard InChI is InChI=1S/C23H19NO3S/c1-15-8-5-6-12-18(15)20-19(21(25)16-9-3-2-4-10-16)22(26)23(27)24(20)14-17-11-7-13-28-17/h2-13,20,25H,14H2,1H3/b21-19+. The van der Waals surface area contributed by atoms with Crippen molar-refractivity contribution in [1.29, 1.82) is 0 Å². The summed E-state index contributed by atoms with van der Waals surface area (Å²) in [4.78, 5) is 28.4. The number of carbonyl (C=O) groups excluding carboxylic acids is 2. The van der Waals surface area contributed by atoms with E-state index in [0.717, 1.165) is 16.0 Å². The van der Waals surface area contributed by atoms with Crippen LogP contribution in [0.25, 0.3) is 5.76 Å². The number of ketones is 1. The molecule has 4 rings (SSSR count). The van der Waals surface area contributed by atoms with Gasteiger partial charge < -0.3 is 10.0 Å². The normalized spacial score (nSPS) is 18.6. The molecule has 1 unspecified atom stereocenters. The van der Waals surface area contributed by atoms with Gasteiger partial charge >= 0.3 is 0 Å². The summed E-state index contributed by atoms with van der Waals surface area (Å²) < 4.78 is 0. The van der Waals surface area contributed by atoms with E-state index in [1.807, 2.05) is 54.8 Å². The monoisotopic (exact) mass is 389 g/mol. The molecule has 1 atom stereocenters. The average molecular weight is 389 g/mol. The Morgan fingerprint density at radius 2 is 1.71 bits per heavy atom. The van der Waals surface area contributed by atoms with E-state index in [-0.39, 0.29) is 11.3 Å². The van der Waals surface area contributed by atoms with Crippen LogP contribution in [-0.4, -0.2) is 21.7 Å². The SMILES string of the molecule is Cc1ccccc1C1/C(=C(\O)c2ccccc2)C(=O)C(=O)N1Cc1cccs1. The summed E-state index contributed by atoms with van der Waals surface area (Å²) in [6, 6.07) is 19.8. The van der Waals surface area contributed by atoms with Gasteiger partial charge in [0.05, 0.1) is 18.2 Å². The number of thiophene rings is 1. The number of aliphatic hydroxyl groups is 1. The lowest BCUT2D eigenvalue weighted by Gasteiger charge is -2.26. The van der Waals surface area contributed by atoms with Crippen LogP contribution in [-0.2, 0) is 16.1 Å². The molecule has 1 N–H and O–H groups in total. The third-order valence-electron chi connectivity index (χ3n) is 4.98. The van der Waals surface area contributed by atoms with Gasteiger partial charge in [-0.05, 0) is 29.5 Å². The van der Waals surface area contributed by atoms with Gasteiger partial charge in [0.25, 0.3) is 11.7 Å². The van der Waals surface area contributed by atoms with Crippen LogP contribution in [0, 0.1) is 6.92 Å². The number of likely N-dealkylation sites (tertiary alicyclic amines) is 1. The molecule has 1 saturated heterocycles. The Kier molecular flexibility index (Phi) is 4.84. The lowest BCUT2D eigenvalue weighted by atomic mass is 9.92. The Bertz CT molecular complexity index is 1050. The minimum atomic E-state index is -0.647. The molecule has 0 bridgehead atoms. The van der Waals surface area contributed by atoms with Crippen molar-refractivity contribution in [2.24, 2.45) is 0 Å². The molecule has 0 spiro atoms. The Labute approximate surface area is 167 Å².